The highest BCUT2D eigenvalue weighted by molar-refractivity contribution is 7.77. The Kier molecular flexibility index (Phi) is 4.59. The second-order valence-corrected chi connectivity index (χ2v) is 6.65. The lowest BCUT2D eigenvalue weighted by molar-refractivity contribution is -0.120. The van der Waals surface area contributed by atoms with E-state index >= 15 is 0 Å². The molecule has 0 aromatic carbocycles. The van der Waals surface area contributed by atoms with E-state index in [4.69, 9.17) is 0 Å². The van der Waals surface area contributed by atoms with Gasteiger partial charge in [0.25, 0.3) is 0 Å². The third-order valence-corrected chi connectivity index (χ3v) is 5.01. The normalized spacial score (nSPS) is 24.7. The van der Waals surface area contributed by atoms with Gasteiger partial charge < -0.3 is 5.32 Å². The Morgan fingerprint density at radius 1 is 1.33 bits per heavy atom. The first-order valence-electron chi connectivity index (χ1n) is 7.23. The van der Waals surface area contributed by atoms with Gasteiger partial charge in [0, 0.05) is 25.0 Å². The number of hydrogen-bond acceptors (Lipinski definition) is 3. The zero-order chi connectivity index (χ0) is 13.3. The van der Waals surface area contributed by atoms with Crippen molar-refractivity contribution < 1.29 is 4.79 Å². The molecule has 0 radical (unpaired) electrons. The van der Waals surface area contributed by atoms with Crippen LogP contribution in [0, 0.1) is 11.8 Å². The maximum absolute atomic E-state index is 11.2. The lowest BCUT2D eigenvalue weighted by Gasteiger charge is -2.31. The first kappa shape index (κ1) is 14.2. The van der Waals surface area contributed by atoms with Crippen molar-refractivity contribution in [3.63, 3.8) is 0 Å². The molecule has 1 N–H and O–H groups in total. The molecule has 2 aliphatic rings. The van der Waals surface area contributed by atoms with E-state index in [0.29, 0.717) is 24.0 Å². The molecule has 0 saturated heterocycles. The largest absolute Gasteiger partial charge is 0.354 e. The molecule has 0 spiro atoms. The molecule has 2 aliphatic carbocycles. The maximum atomic E-state index is 11.2. The first-order valence-corrected chi connectivity index (χ1v) is 7.63. The summed E-state index contributed by atoms with van der Waals surface area (Å²) < 4.78 is 2.23. The van der Waals surface area contributed by atoms with E-state index in [1.807, 2.05) is 0 Å². The fraction of sp³-hybridized carbons (Fsp3) is 0.929. The highest BCUT2D eigenvalue weighted by Gasteiger charge is 2.38. The van der Waals surface area contributed by atoms with Crippen LogP contribution in [-0.4, -0.2) is 28.3 Å². The molecular formula is C14H26N2OS. The molecule has 2 fully saturated rings. The van der Waals surface area contributed by atoms with Gasteiger partial charge >= 0.3 is 0 Å². The number of carbonyl (C=O) groups excluding carboxylic acids is 1. The van der Waals surface area contributed by atoms with Crippen LogP contribution in [0.4, 0.5) is 0 Å². The van der Waals surface area contributed by atoms with Gasteiger partial charge in [-0.05, 0) is 57.8 Å². The number of nitrogens with zero attached hydrogens (tertiary/aromatic N) is 1. The number of thiol groups is 1. The zero-order valence-corrected chi connectivity index (χ0v) is 12.6. The molecule has 18 heavy (non-hydrogen) atoms. The van der Waals surface area contributed by atoms with Crippen LogP contribution in [0.5, 0.6) is 0 Å². The van der Waals surface area contributed by atoms with E-state index in [-0.39, 0.29) is 5.91 Å². The molecule has 0 aliphatic heterocycles. The van der Waals surface area contributed by atoms with Crippen molar-refractivity contribution in [2.45, 2.75) is 71.0 Å². The average molecular weight is 270 g/mol. The molecule has 2 rings (SSSR count). The summed E-state index contributed by atoms with van der Waals surface area (Å²) in [7, 11) is 0. The van der Waals surface area contributed by atoms with Gasteiger partial charge in [0.2, 0.25) is 5.91 Å². The molecule has 3 unspecified atom stereocenters. The van der Waals surface area contributed by atoms with Gasteiger partial charge in [-0.3, -0.25) is 4.79 Å². The Morgan fingerprint density at radius 3 is 2.39 bits per heavy atom. The van der Waals surface area contributed by atoms with Crippen LogP contribution in [0.3, 0.4) is 0 Å². The first-order chi connectivity index (χ1) is 8.49. The van der Waals surface area contributed by atoms with Crippen molar-refractivity contribution in [3.8, 4) is 0 Å². The number of rotatable bonds is 7. The summed E-state index contributed by atoms with van der Waals surface area (Å²) in [4.78, 5) is 11.2. The van der Waals surface area contributed by atoms with Crippen LogP contribution >= 0.6 is 12.8 Å². The summed E-state index contributed by atoms with van der Waals surface area (Å²) in [6.45, 7) is 6.03. The van der Waals surface area contributed by atoms with E-state index in [9.17, 15) is 4.79 Å². The van der Waals surface area contributed by atoms with Crippen LogP contribution < -0.4 is 5.32 Å². The Balaban J connectivity index is 1.86. The average Bonchev–Trinajstić information content (AvgIpc) is 3.16. The smallest absolute Gasteiger partial charge is 0.217 e. The molecular weight excluding hydrogens is 244 g/mol. The topological polar surface area (TPSA) is 32.3 Å². The summed E-state index contributed by atoms with van der Waals surface area (Å²) in [5.41, 5.74) is 0. The van der Waals surface area contributed by atoms with Crippen molar-refractivity contribution in [1.82, 2.24) is 9.62 Å². The highest BCUT2D eigenvalue weighted by atomic mass is 32.1. The van der Waals surface area contributed by atoms with Crippen molar-refractivity contribution in [2.75, 3.05) is 0 Å². The highest BCUT2D eigenvalue weighted by Crippen LogP contribution is 2.42. The van der Waals surface area contributed by atoms with Crippen molar-refractivity contribution in [3.05, 3.63) is 0 Å². The monoisotopic (exact) mass is 270 g/mol. The molecule has 3 nitrogen and oxygen atoms in total. The van der Waals surface area contributed by atoms with Crippen LogP contribution in [0.2, 0.25) is 0 Å². The van der Waals surface area contributed by atoms with Gasteiger partial charge in [-0.25, -0.2) is 4.31 Å². The summed E-state index contributed by atoms with van der Waals surface area (Å²) in [6.07, 6.45) is 6.40. The van der Waals surface area contributed by atoms with Crippen molar-refractivity contribution in [2.24, 2.45) is 11.8 Å². The van der Waals surface area contributed by atoms with E-state index in [1.54, 1.807) is 6.92 Å². The molecule has 0 aromatic heterocycles. The third kappa shape index (κ3) is 3.89. The zero-order valence-electron chi connectivity index (χ0n) is 11.7. The second kappa shape index (κ2) is 5.83. The van der Waals surface area contributed by atoms with E-state index in [1.165, 1.54) is 25.7 Å². The Labute approximate surface area is 116 Å². The Morgan fingerprint density at radius 2 is 1.94 bits per heavy atom. The molecule has 4 heteroatoms. The van der Waals surface area contributed by atoms with E-state index in [0.717, 1.165) is 12.3 Å². The number of carbonyl (C=O) groups is 1. The minimum absolute atomic E-state index is 0.0886. The molecule has 104 valence electrons. The minimum atomic E-state index is 0.0886. The Bertz CT molecular complexity index is 302. The quantitative estimate of drug-likeness (QED) is 0.697. The fourth-order valence-corrected chi connectivity index (χ4v) is 3.28. The summed E-state index contributed by atoms with van der Waals surface area (Å²) in [6, 6.07) is 1.49. The standard InChI is InChI=1S/C14H26N2OS/c1-9(16(18)13-6-7-13)8-14(12-4-5-12)10(2)15-11(3)17/h9-10,12-14,18H,4-8H2,1-3H3,(H,15,17). The Hall–Kier alpha value is -0.220. The molecule has 0 heterocycles. The van der Waals surface area contributed by atoms with Crippen LogP contribution in [0.1, 0.15) is 52.9 Å². The molecule has 1 amide bonds. The number of hydrogen-bond donors (Lipinski definition) is 2. The lowest BCUT2D eigenvalue weighted by atomic mass is 9.89. The lowest BCUT2D eigenvalue weighted by Crippen LogP contribution is -2.40. The number of amides is 1. The van der Waals surface area contributed by atoms with Gasteiger partial charge in [0.05, 0.1) is 0 Å². The van der Waals surface area contributed by atoms with E-state index < -0.39 is 0 Å². The van der Waals surface area contributed by atoms with Crippen molar-refractivity contribution >= 4 is 18.7 Å². The van der Waals surface area contributed by atoms with Crippen LogP contribution in [0.25, 0.3) is 0 Å². The second-order valence-electron chi connectivity index (χ2n) is 6.19. The third-order valence-electron chi connectivity index (χ3n) is 4.29. The van der Waals surface area contributed by atoms with Crippen molar-refractivity contribution in [1.29, 1.82) is 0 Å². The van der Waals surface area contributed by atoms with Gasteiger partial charge in [-0.2, -0.15) is 0 Å². The summed E-state index contributed by atoms with van der Waals surface area (Å²) >= 11 is 4.63. The molecule has 0 bridgehead atoms. The van der Waals surface area contributed by atoms with Crippen LogP contribution in [-0.2, 0) is 4.79 Å². The fourth-order valence-electron chi connectivity index (χ4n) is 2.96. The summed E-state index contributed by atoms with van der Waals surface area (Å²) in [5.74, 6) is 1.51. The van der Waals surface area contributed by atoms with E-state index in [2.05, 4.69) is 36.3 Å². The number of nitrogens with one attached hydrogen (secondary N) is 1. The van der Waals surface area contributed by atoms with Crippen LogP contribution in [0.15, 0.2) is 0 Å². The van der Waals surface area contributed by atoms with Gasteiger partial charge in [-0.1, -0.05) is 12.8 Å². The molecule has 0 aromatic rings. The predicted molar refractivity (Wildman–Crippen MR) is 77.4 cm³/mol. The minimum Gasteiger partial charge on any atom is -0.354 e. The van der Waals surface area contributed by atoms with Gasteiger partial charge in [0.15, 0.2) is 0 Å². The maximum Gasteiger partial charge on any atom is 0.217 e. The van der Waals surface area contributed by atoms with Gasteiger partial charge in [0.1, 0.15) is 0 Å². The SMILES string of the molecule is CC(=O)NC(C)C(CC(C)N(S)C1CC1)C1CC1. The summed E-state index contributed by atoms with van der Waals surface area (Å²) in [5, 5.41) is 3.07. The van der Waals surface area contributed by atoms with Gasteiger partial charge in [-0.15, -0.1) is 0 Å². The molecule has 2 saturated carbocycles. The predicted octanol–water partition coefficient (Wildman–Crippen LogP) is 2.63. The molecule has 3 atom stereocenters.